The summed E-state index contributed by atoms with van der Waals surface area (Å²) in [6.07, 6.45) is 6.60. The number of hydrogen-bond acceptors (Lipinski definition) is 3. The van der Waals surface area contributed by atoms with Crippen molar-refractivity contribution in [1.82, 2.24) is 4.98 Å². The van der Waals surface area contributed by atoms with Gasteiger partial charge >= 0.3 is 0 Å². The highest BCUT2D eigenvalue weighted by atomic mass is 32.1. The maximum atomic E-state index is 6.26. The summed E-state index contributed by atoms with van der Waals surface area (Å²) in [5.74, 6) is 0.634. The standard InChI is InChI=1S/C17H22N2S/c1-11-7-6-10-14(12(11)2)15-16(18)20-17(19-15)13-8-4-3-5-9-13/h6-7,10,13H,3-5,8-9,18H2,1-2H3. The quantitative estimate of drug-likeness (QED) is 0.838. The lowest BCUT2D eigenvalue weighted by Gasteiger charge is -2.18. The third kappa shape index (κ3) is 2.47. The number of thiazole rings is 1. The molecule has 106 valence electrons. The van der Waals surface area contributed by atoms with Crippen molar-refractivity contribution >= 4 is 16.3 Å². The molecule has 0 bridgehead atoms. The zero-order valence-electron chi connectivity index (χ0n) is 12.3. The molecule has 3 heteroatoms. The van der Waals surface area contributed by atoms with Gasteiger partial charge in [0.1, 0.15) is 10.7 Å². The molecule has 2 N–H and O–H groups in total. The van der Waals surface area contributed by atoms with E-state index in [9.17, 15) is 0 Å². The van der Waals surface area contributed by atoms with Gasteiger partial charge in [-0.1, -0.05) is 37.5 Å². The highest BCUT2D eigenvalue weighted by molar-refractivity contribution is 7.16. The molecule has 2 nitrogen and oxygen atoms in total. The van der Waals surface area contributed by atoms with E-state index in [0.717, 1.165) is 10.7 Å². The van der Waals surface area contributed by atoms with Crippen LogP contribution >= 0.6 is 11.3 Å². The van der Waals surface area contributed by atoms with Gasteiger partial charge in [0.2, 0.25) is 0 Å². The molecule has 20 heavy (non-hydrogen) atoms. The van der Waals surface area contributed by atoms with Gasteiger partial charge in [0.25, 0.3) is 0 Å². The second-order valence-electron chi connectivity index (χ2n) is 5.85. The molecule has 2 aromatic rings. The largest absolute Gasteiger partial charge is 0.389 e. The average Bonchev–Trinajstić information content (AvgIpc) is 2.85. The molecule has 3 rings (SSSR count). The molecule has 1 aromatic carbocycles. The van der Waals surface area contributed by atoms with Crippen molar-refractivity contribution in [3.05, 3.63) is 34.3 Å². The maximum absolute atomic E-state index is 6.26. The van der Waals surface area contributed by atoms with Crippen LogP contribution in [0.3, 0.4) is 0 Å². The van der Waals surface area contributed by atoms with Gasteiger partial charge in [-0.25, -0.2) is 4.98 Å². The van der Waals surface area contributed by atoms with Crippen molar-refractivity contribution in [2.24, 2.45) is 0 Å². The van der Waals surface area contributed by atoms with E-state index in [0.29, 0.717) is 5.92 Å². The summed E-state index contributed by atoms with van der Waals surface area (Å²) in [6, 6.07) is 6.37. The number of anilines is 1. The van der Waals surface area contributed by atoms with Crippen LogP contribution in [0, 0.1) is 13.8 Å². The monoisotopic (exact) mass is 286 g/mol. The minimum atomic E-state index is 0.634. The van der Waals surface area contributed by atoms with Gasteiger partial charge in [-0.15, -0.1) is 11.3 Å². The first kappa shape index (κ1) is 13.6. The van der Waals surface area contributed by atoms with Crippen molar-refractivity contribution < 1.29 is 0 Å². The SMILES string of the molecule is Cc1cccc(-c2nc(C3CCCCC3)sc2N)c1C. The summed E-state index contributed by atoms with van der Waals surface area (Å²) >= 11 is 1.70. The normalized spacial score (nSPS) is 16.5. The van der Waals surface area contributed by atoms with Crippen molar-refractivity contribution in [2.75, 3.05) is 5.73 Å². The Labute approximate surface area is 125 Å². The average molecular weight is 286 g/mol. The Balaban J connectivity index is 1.98. The Morgan fingerprint density at radius 1 is 1.15 bits per heavy atom. The van der Waals surface area contributed by atoms with Crippen LogP contribution in [0.15, 0.2) is 18.2 Å². The Bertz CT molecular complexity index is 609. The van der Waals surface area contributed by atoms with E-state index in [1.807, 2.05) is 0 Å². The fourth-order valence-electron chi connectivity index (χ4n) is 3.07. The summed E-state index contributed by atoms with van der Waals surface area (Å²) in [6.45, 7) is 4.30. The van der Waals surface area contributed by atoms with Gasteiger partial charge in [-0.05, 0) is 37.8 Å². The molecule has 1 heterocycles. The first-order valence-corrected chi connectivity index (χ1v) is 8.31. The molecule has 0 atom stereocenters. The van der Waals surface area contributed by atoms with Crippen LogP contribution in [0.4, 0.5) is 5.00 Å². The van der Waals surface area contributed by atoms with Gasteiger partial charge in [0, 0.05) is 11.5 Å². The van der Waals surface area contributed by atoms with Crippen LogP contribution < -0.4 is 5.73 Å². The zero-order valence-corrected chi connectivity index (χ0v) is 13.1. The zero-order chi connectivity index (χ0) is 14.1. The number of nitrogens with two attached hydrogens (primary N) is 1. The van der Waals surface area contributed by atoms with Crippen molar-refractivity contribution in [3.8, 4) is 11.3 Å². The number of benzene rings is 1. The van der Waals surface area contributed by atoms with Gasteiger partial charge in [-0.3, -0.25) is 0 Å². The minimum absolute atomic E-state index is 0.634. The van der Waals surface area contributed by atoms with E-state index in [4.69, 9.17) is 10.7 Å². The Kier molecular flexibility index (Phi) is 3.79. The molecule has 1 aliphatic carbocycles. The summed E-state index contributed by atoms with van der Waals surface area (Å²) < 4.78 is 0. The molecule has 0 aliphatic heterocycles. The molecule has 0 saturated heterocycles. The fraction of sp³-hybridized carbons (Fsp3) is 0.471. The summed E-state index contributed by atoms with van der Waals surface area (Å²) in [7, 11) is 0. The summed E-state index contributed by atoms with van der Waals surface area (Å²) in [5, 5.41) is 2.12. The highest BCUT2D eigenvalue weighted by Crippen LogP contribution is 2.40. The smallest absolute Gasteiger partial charge is 0.114 e. The number of aryl methyl sites for hydroxylation is 1. The molecule has 1 fully saturated rings. The Morgan fingerprint density at radius 2 is 1.90 bits per heavy atom. The number of hydrogen-bond donors (Lipinski definition) is 1. The van der Waals surface area contributed by atoms with Crippen molar-refractivity contribution in [2.45, 2.75) is 51.9 Å². The van der Waals surface area contributed by atoms with Crippen molar-refractivity contribution in [3.63, 3.8) is 0 Å². The van der Waals surface area contributed by atoms with Crippen LogP contribution in [-0.4, -0.2) is 4.98 Å². The first-order valence-electron chi connectivity index (χ1n) is 7.49. The molecule has 1 aliphatic rings. The summed E-state index contributed by atoms with van der Waals surface area (Å²) in [4.78, 5) is 4.90. The lowest BCUT2D eigenvalue weighted by Crippen LogP contribution is -2.03. The van der Waals surface area contributed by atoms with E-state index in [1.165, 1.54) is 53.8 Å². The predicted molar refractivity (Wildman–Crippen MR) is 87.3 cm³/mol. The molecule has 0 spiro atoms. The van der Waals surface area contributed by atoms with Gasteiger partial charge < -0.3 is 5.73 Å². The Morgan fingerprint density at radius 3 is 2.65 bits per heavy atom. The second kappa shape index (κ2) is 5.57. The lowest BCUT2D eigenvalue weighted by molar-refractivity contribution is 0.442. The van der Waals surface area contributed by atoms with Crippen LogP contribution in [0.1, 0.15) is 54.2 Å². The topological polar surface area (TPSA) is 38.9 Å². The molecular formula is C17H22N2S. The molecule has 0 amide bonds. The van der Waals surface area contributed by atoms with E-state index in [1.54, 1.807) is 11.3 Å². The number of nitrogens with zero attached hydrogens (tertiary/aromatic N) is 1. The van der Waals surface area contributed by atoms with Crippen LogP contribution in [-0.2, 0) is 0 Å². The first-order chi connectivity index (χ1) is 9.66. The molecule has 1 aromatic heterocycles. The predicted octanol–water partition coefficient (Wildman–Crippen LogP) is 5.06. The minimum Gasteiger partial charge on any atom is -0.389 e. The Hall–Kier alpha value is -1.35. The van der Waals surface area contributed by atoms with Gasteiger partial charge in [0.15, 0.2) is 0 Å². The number of aromatic nitrogens is 1. The highest BCUT2D eigenvalue weighted by Gasteiger charge is 2.21. The van der Waals surface area contributed by atoms with Crippen LogP contribution in [0.2, 0.25) is 0 Å². The van der Waals surface area contributed by atoms with E-state index in [2.05, 4.69) is 32.0 Å². The second-order valence-corrected chi connectivity index (χ2v) is 6.91. The van der Waals surface area contributed by atoms with Gasteiger partial charge in [-0.2, -0.15) is 0 Å². The molecule has 1 saturated carbocycles. The molecular weight excluding hydrogens is 264 g/mol. The number of rotatable bonds is 2. The number of nitrogen functional groups attached to an aromatic ring is 1. The van der Waals surface area contributed by atoms with Gasteiger partial charge in [0.05, 0.1) is 5.01 Å². The molecule has 0 unspecified atom stereocenters. The summed E-state index contributed by atoms with van der Waals surface area (Å²) in [5.41, 5.74) is 11.0. The fourth-order valence-corrected chi connectivity index (χ4v) is 4.09. The lowest BCUT2D eigenvalue weighted by atomic mass is 9.90. The third-order valence-corrected chi connectivity index (χ3v) is 5.53. The van der Waals surface area contributed by atoms with Crippen LogP contribution in [0.5, 0.6) is 0 Å². The van der Waals surface area contributed by atoms with Crippen LogP contribution in [0.25, 0.3) is 11.3 Å². The third-order valence-electron chi connectivity index (χ3n) is 4.48. The van der Waals surface area contributed by atoms with Crippen molar-refractivity contribution in [1.29, 1.82) is 0 Å². The molecule has 0 radical (unpaired) electrons. The van der Waals surface area contributed by atoms with E-state index in [-0.39, 0.29) is 0 Å². The van der Waals surface area contributed by atoms with E-state index >= 15 is 0 Å². The maximum Gasteiger partial charge on any atom is 0.114 e. The van der Waals surface area contributed by atoms with E-state index < -0.39 is 0 Å².